The minimum Gasteiger partial charge on any atom is -0.360 e. The molecule has 6 heteroatoms. The molecule has 136 valence electrons. The maximum atomic E-state index is 5.95. The minimum absolute atomic E-state index is 0.674. The zero-order chi connectivity index (χ0) is 18.2. The van der Waals surface area contributed by atoms with Crippen molar-refractivity contribution in [3.63, 3.8) is 0 Å². The molecule has 4 aromatic rings. The van der Waals surface area contributed by atoms with E-state index in [1.165, 1.54) is 16.3 Å². The van der Waals surface area contributed by atoms with E-state index in [0.29, 0.717) is 5.02 Å². The van der Waals surface area contributed by atoms with Gasteiger partial charge in [0.15, 0.2) is 0 Å². The molecule has 0 N–H and O–H groups in total. The average molecular weight is 379 g/mol. The summed E-state index contributed by atoms with van der Waals surface area (Å²) in [6.07, 6.45) is 4.42. The molecular formula is C21H19ClN4O. The maximum absolute atomic E-state index is 5.95. The van der Waals surface area contributed by atoms with Crippen molar-refractivity contribution >= 4 is 22.4 Å². The Morgan fingerprint density at radius 1 is 1.07 bits per heavy atom. The predicted molar refractivity (Wildman–Crippen MR) is 106 cm³/mol. The molecule has 5 nitrogen and oxygen atoms in total. The third-order valence-corrected chi connectivity index (χ3v) is 5.39. The molecule has 0 saturated heterocycles. The van der Waals surface area contributed by atoms with E-state index < -0.39 is 0 Å². The highest BCUT2D eigenvalue weighted by molar-refractivity contribution is 6.30. The van der Waals surface area contributed by atoms with Crippen molar-refractivity contribution < 1.29 is 4.52 Å². The molecule has 0 saturated carbocycles. The Balaban J connectivity index is 1.42. The lowest BCUT2D eigenvalue weighted by atomic mass is 9.97. The third-order valence-electron chi connectivity index (χ3n) is 5.20. The lowest BCUT2D eigenvalue weighted by molar-refractivity contribution is 0.225. The molecule has 3 heterocycles. The number of aromatic nitrogens is 3. The van der Waals surface area contributed by atoms with Gasteiger partial charge < -0.3 is 4.52 Å². The van der Waals surface area contributed by atoms with Gasteiger partial charge in [-0.1, -0.05) is 59.2 Å². The van der Waals surface area contributed by atoms with Crippen LogP contribution in [0.2, 0.25) is 5.02 Å². The largest absolute Gasteiger partial charge is 0.360 e. The highest BCUT2D eigenvalue weighted by atomic mass is 35.5. The SMILES string of the molecule is Clc1cnn(CCN2CCc3onc(-c4cccc5ccccc45)c3C2)c1. The van der Waals surface area contributed by atoms with Crippen molar-refractivity contribution in [3.05, 3.63) is 71.2 Å². The summed E-state index contributed by atoms with van der Waals surface area (Å²) in [7, 11) is 0. The van der Waals surface area contributed by atoms with Crippen molar-refractivity contribution in [3.8, 4) is 11.3 Å². The maximum Gasteiger partial charge on any atom is 0.143 e. The van der Waals surface area contributed by atoms with Crippen LogP contribution < -0.4 is 0 Å². The second kappa shape index (κ2) is 6.83. The van der Waals surface area contributed by atoms with E-state index in [-0.39, 0.29) is 0 Å². The van der Waals surface area contributed by atoms with Crippen molar-refractivity contribution in [2.24, 2.45) is 0 Å². The van der Waals surface area contributed by atoms with Crippen LogP contribution in [0.3, 0.4) is 0 Å². The van der Waals surface area contributed by atoms with Gasteiger partial charge in [-0.05, 0) is 10.8 Å². The van der Waals surface area contributed by atoms with Gasteiger partial charge in [0.25, 0.3) is 0 Å². The van der Waals surface area contributed by atoms with E-state index in [0.717, 1.165) is 49.6 Å². The van der Waals surface area contributed by atoms with E-state index in [1.807, 2.05) is 10.9 Å². The highest BCUT2D eigenvalue weighted by Gasteiger charge is 2.25. The first-order chi connectivity index (χ1) is 13.3. The second-order valence-corrected chi connectivity index (χ2v) is 7.34. The van der Waals surface area contributed by atoms with E-state index in [1.54, 1.807) is 6.20 Å². The monoisotopic (exact) mass is 378 g/mol. The standard InChI is InChI=1S/C21H19ClN4O/c22-16-12-23-26(13-16)11-10-25-9-8-20-19(14-25)21(24-27-20)18-7-3-5-15-4-1-2-6-17(15)18/h1-7,12-13H,8-11,14H2. The Morgan fingerprint density at radius 2 is 1.96 bits per heavy atom. The molecule has 0 spiro atoms. The molecule has 1 aliphatic heterocycles. The Hall–Kier alpha value is -2.63. The smallest absolute Gasteiger partial charge is 0.143 e. The summed E-state index contributed by atoms with van der Waals surface area (Å²) in [6.45, 7) is 3.53. The lowest BCUT2D eigenvalue weighted by Gasteiger charge is -2.26. The van der Waals surface area contributed by atoms with Crippen molar-refractivity contribution in [2.75, 3.05) is 13.1 Å². The molecule has 0 unspecified atom stereocenters. The highest BCUT2D eigenvalue weighted by Crippen LogP contribution is 2.34. The van der Waals surface area contributed by atoms with E-state index >= 15 is 0 Å². The molecule has 2 aromatic carbocycles. The summed E-state index contributed by atoms with van der Waals surface area (Å²) in [5.74, 6) is 1.01. The lowest BCUT2D eigenvalue weighted by Crippen LogP contribution is -2.33. The first-order valence-corrected chi connectivity index (χ1v) is 9.51. The number of rotatable bonds is 4. The van der Waals surface area contributed by atoms with Crippen LogP contribution in [0.1, 0.15) is 11.3 Å². The molecule has 0 amide bonds. The van der Waals surface area contributed by atoms with Crippen LogP contribution in [0.15, 0.2) is 59.4 Å². The van der Waals surface area contributed by atoms with Crippen molar-refractivity contribution in [2.45, 2.75) is 19.5 Å². The van der Waals surface area contributed by atoms with Gasteiger partial charge in [-0.25, -0.2) is 0 Å². The van der Waals surface area contributed by atoms with Crippen LogP contribution in [0, 0.1) is 0 Å². The number of halogens is 1. The van der Waals surface area contributed by atoms with E-state index in [2.05, 4.69) is 57.6 Å². The van der Waals surface area contributed by atoms with Crippen LogP contribution >= 0.6 is 11.6 Å². The topological polar surface area (TPSA) is 47.1 Å². The van der Waals surface area contributed by atoms with Gasteiger partial charge >= 0.3 is 0 Å². The predicted octanol–water partition coefficient (Wildman–Crippen LogP) is 4.40. The minimum atomic E-state index is 0.674. The molecule has 2 aromatic heterocycles. The van der Waals surface area contributed by atoms with Crippen LogP contribution in [-0.2, 0) is 19.5 Å². The van der Waals surface area contributed by atoms with Crippen molar-refractivity contribution in [1.29, 1.82) is 0 Å². The van der Waals surface area contributed by atoms with Gasteiger partial charge in [0.1, 0.15) is 11.5 Å². The normalized spacial score (nSPS) is 14.6. The zero-order valence-electron chi connectivity index (χ0n) is 14.8. The molecule has 0 bridgehead atoms. The second-order valence-electron chi connectivity index (χ2n) is 6.91. The Bertz CT molecular complexity index is 1100. The quantitative estimate of drug-likeness (QED) is 0.528. The molecule has 27 heavy (non-hydrogen) atoms. The summed E-state index contributed by atoms with van der Waals surface area (Å²) in [6, 6.07) is 14.8. The number of hydrogen-bond donors (Lipinski definition) is 0. The fourth-order valence-electron chi connectivity index (χ4n) is 3.80. The van der Waals surface area contributed by atoms with Gasteiger partial charge in [0, 0.05) is 43.4 Å². The molecule has 0 fully saturated rings. The van der Waals surface area contributed by atoms with Gasteiger partial charge in [-0.15, -0.1) is 0 Å². The molecule has 5 rings (SSSR count). The summed E-state index contributed by atoms with van der Waals surface area (Å²) in [5, 5.41) is 11.8. The van der Waals surface area contributed by atoms with Crippen molar-refractivity contribution in [1.82, 2.24) is 19.8 Å². The van der Waals surface area contributed by atoms with E-state index in [4.69, 9.17) is 16.1 Å². The fraction of sp³-hybridized carbons (Fsp3) is 0.238. The summed E-state index contributed by atoms with van der Waals surface area (Å²) < 4.78 is 7.58. The van der Waals surface area contributed by atoms with Crippen LogP contribution in [0.4, 0.5) is 0 Å². The summed E-state index contributed by atoms with van der Waals surface area (Å²) in [4.78, 5) is 2.42. The van der Waals surface area contributed by atoms with E-state index in [9.17, 15) is 0 Å². The zero-order valence-corrected chi connectivity index (χ0v) is 15.6. The van der Waals surface area contributed by atoms with Gasteiger partial charge in [-0.2, -0.15) is 5.10 Å². The first-order valence-electron chi connectivity index (χ1n) is 9.14. The molecular weight excluding hydrogens is 360 g/mol. The number of benzene rings is 2. The third kappa shape index (κ3) is 3.13. The molecule has 0 radical (unpaired) electrons. The molecule has 0 aliphatic carbocycles. The van der Waals surface area contributed by atoms with Crippen LogP contribution in [-0.4, -0.2) is 32.9 Å². The summed E-state index contributed by atoms with van der Waals surface area (Å²) >= 11 is 5.95. The van der Waals surface area contributed by atoms with Gasteiger partial charge in [0.05, 0.1) is 17.8 Å². The Morgan fingerprint density at radius 3 is 2.85 bits per heavy atom. The number of nitrogens with zero attached hydrogens (tertiary/aromatic N) is 4. The Kier molecular flexibility index (Phi) is 4.19. The van der Waals surface area contributed by atoms with Crippen LogP contribution in [0.25, 0.3) is 22.0 Å². The molecule has 0 atom stereocenters. The molecule has 1 aliphatic rings. The van der Waals surface area contributed by atoms with Gasteiger partial charge in [0.2, 0.25) is 0 Å². The van der Waals surface area contributed by atoms with Crippen LogP contribution in [0.5, 0.6) is 0 Å². The number of hydrogen-bond acceptors (Lipinski definition) is 4. The Labute approximate surface area is 162 Å². The number of fused-ring (bicyclic) bond motifs is 2. The summed E-state index contributed by atoms with van der Waals surface area (Å²) in [5.41, 5.74) is 3.31. The average Bonchev–Trinajstić information content (AvgIpc) is 3.31. The van der Waals surface area contributed by atoms with Gasteiger partial charge in [-0.3, -0.25) is 9.58 Å². The first kappa shape index (κ1) is 16.5. The fourth-order valence-corrected chi connectivity index (χ4v) is 3.96.